The molecule has 1 atom stereocenters. The highest BCUT2D eigenvalue weighted by Gasteiger charge is 2.28. The second kappa shape index (κ2) is 10.1. The SMILES string of the molecule is O=C(OCc1ccccc1)c1ccc2c(c1)CCCN2C(O)n1nnn(-c2c(Cl)cccc2Cl)c1=O. The molecule has 1 aromatic heterocycles. The van der Waals surface area contributed by atoms with Crippen LogP contribution in [-0.4, -0.2) is 37.4 Å². The molecule has 1 N–H and O–H groups in total. The molecule has 0 spiro atoms. The number of nitrogens with zero attached hydrogens (tertiary/aromatic N) is 5. The van der Waals surface area contributed by atoms with Crippen molar-refractivity contribution in [2.45, 2.75) is 25.8 Å². The van der Waals surface area contributed by atoms with Gasteiger partial charge in [0.2, 0.25) is 6.35 Å². The molecule has 0 amide bonds. The summed E-state index contributed by atoms with van der Waals surface area (Å²) in [6, 6.07) is 19.4. The molecule has 4 aromatic rings. The van der Waals surface area contributed by atoms with E-state index in [1.54, 1.807) is 41.3 Å². The zero-order valence-corrected chi connectivity index (χ0v) is 20.4. The number of para-hydroxylation sites is 1. The van der Waals surface area contributed by atoms with E-state index >= 15 is 0 Å². The third-order valence-electron chi connectivity index (χ3n) is 5.93. The van der Waals surface area contributed by atoms with Gasteiger partial charge in [0.1, 0.15) is 12.3 Å². The van der Waals surface area contributed by atoms with E-state index in [1.807, 2.05) is 30.3 Å². The summed E-state index contributed by atoms with van der Waals surface area (Å²) in [6.45, 7) is 0.647. The predicted octanol–water partition coefficient (Wildman–Crippen LogP) is 3.99. The number of hydrogen-bond donors (Lipinski definition) is 1. The minimum atomic E-state index is -1.43. The summed E-state index contributed by atoms with van der Waals surface area (Å²) in [4.78, 5) is 27.3. The van der Waals surface area contributed by atoms with Gasteiger partial charge in [-0.25, -0.2) is 9.59 Å². The van der Waals surface area contributed by atoms with E-state index in [2.05, 4.69) is 10.4 Å². The second-order valence-electron chi connectivity index (χ2n) is 8.24. The Morgan fingerprint density at radius 2 is 1.78 bits per heavy atom. The molecule has 0 saturated heterocycles. The van der Waals surface area contributed by atoms with E-state index in [-0.39, 0.29) is 22.3 Å². The average Bonchev–Trinajstić information content (AvgIpc) is 3.27. The smallest absolute Gasteiger partial charge is 0.372 e. The van der Waals surface area contributed by atoms with Gasteiger partial charge in [-0.2, -0.15) is 4.68 Å². The van der Waals surface area contributed by atoms with E-state index in [0.717, 1.165) is 20.5 Å². The van der Waals surface area contributed by atoms with Crippen LogP contribution in [0.2, 0.25) is 10.0 Å². The normalized spacial score (nSPS) is 13.8. The van der Waals surface area contributed by atoms with Crippen LogP contribution in [0.3, 0.4) is 0 Å². The fraction of sp³-hybridized carbons (Fsp3) is 0.200. The summed E-state index contributed by atoms with van der Waals surface area (Å²) >= 11 is 12.4. The molecule has 184 valence electrons. The van der Waals surface area contributed by atoms with Gasteiger partial charge in [0.25, 0.3) is 0 Å². The number of benzene rings is 3. The van der Waals surface area contributed by atoms with E-state index in [1.165, 1.54) is 0 Å². The number of aliphatic hydroxyl groups is 1. The van der Waals surface area contributed by atoms with Crippen molar-refractivity contribution in [2.75, 3.05) is 11.4 Å². The Bertz CT molecular complexity index is 1450. The van der Waals surface area contributed by atoms with Crippen molar-refractivity contribution in [2.24, 2.45) is 0 Å². The standard InChI is InChI=1S/C25H21Cl2N5O4/c26-19-9-4-10-20(27)22(19)31-25(35)32(29-28-31)24(34)30-13-5-8-17-14-18(11-12-21(17)30)23(33)36-15-16-6-2-1-3-7-16/h1-4,6-7,9-12,14,24,34H,5,8,13,15H2. The second-order valence-corrected chi connectivity index (χ2v) is 9.05. The number of carbonyl (C=O) groups is 1. The van der Waals surface area contributed by atoms with Gasteiger partial charge in [0, 0.05) is 12.2 Å². The van der Waals surface area contributed by atoms with Gasteiger partial charge < -0.3 is 14.7 Å². The number of halogens is 2. The molecule has 36 heavy (non-hydrogen) atoms. The van der Waals surface area contributed by atoms with Crippen LogP contribution in [0, 0.1) is 0 Å². The van der Waals surface area contributed by atoms with Crippen LogP contribution in [0.1, 0.15) is 34.3 Å². The van der Waals surface area contributed by atoms with Gasteiger partial charge >= 0.3 is 11.7 Å². The molecule has 1 aliphatic rings. The zero-order chi connectivity index (χ0) is 25.2. The largest absolute Gasteiger partial charge is 0.457 e. The first-order chi connectivity index (χ1) is 17.4. The van der Waals surface area contributed by atoms with Gasteiger partial charge in [-0.1, -0.05) is 59.6 Å². The molecule has 0 saturated carbocycles. The Hall–Kier alpha value is -3.66. The van der Waals surface area contributed by atoms with Gasteiger partial charge in [-0.15, -0.1) is 4.68 Å². The number of carbonyl (C=O) groups excluding carboxylic acids is 1. The number of ether oxygens (including phenoxy) is 1. The molecule has 2 heterocycles. The van der Waals surface area contributed by atoms with Crippen molar-refractivity contribution >= 4 is 34.9 Å². The van der Waals surface area contributed by atoms with Crippen molar-refractivity contribution in [3.63, 3.8) is 0 Å². The monoisotopic (exact) mass is 525 g/mol. The first-order valence-corrected chi connectivity index (χ1v) is 12.0. The number of esters is 1. The minimum Gasteiger partial charge on any atom is -0.457 e. The molecule has 0 radical (unpaired) electrons. The van der Waals surface area contributed by atoms with E-state index in [0.29, 0.717) is 30.6 Å². The number of aromatic nitrogens is 4. The maximum Gasteiger partial charge on any atom is 0.372 e. The van der Waals surface area contributed by atoms with Crippen LogP contribution < -0.4 is 10.6 Å². The molecule has 0 fully saturated rings. The first kappa shape index (κ1) is 24.1. The molecule has 0 bridgehead atoms. The van der Waals surface area contributed by atoms with Crippen LogP contribution >= 0.6 is 23.2 Å². The van der Waals surface area contributed by atoms with E-state index < -0.39 is 18.0 Å². The highest BCUT2D eigenvalue weighted by molar-refractivity contribution is 6.37. The summed E-state index contributed by atoms with van der Waals surface area (Å²) < 4.78 is 7.25. The van der Waals surface area contributed by atoms with Crippen LogP contribution in [0.5, 0.6) is 0 Å². The molecular formula is C25H21Cl2N5O4. The quantitative estimate of drug-likeness (QED) is 0.379. The minimum absolute atomic E-state index is 0.176. The summed E-state index contributed by atoms with van der Waals surface area (Å²) in [6.07, 6.45) is -0.0245. The fourth-order valence-corrected chi connectivity index (χ4v) is 4.72. The summed E-state index contributed by atoms with van der Waals surface area (Å²) in [7, 11) is 0. The Morgan fingerprint density at radius 1 is 1.03 bits per heavy atom. The number of rotatable bonds is 6. The first-order valence-electron chi connectivity index (χ1n) is 11.2. The summed E-state index contributed by atoms with van der Waals surface area (Å²) in [5, 5.41) is 19.2. The zero-order valence-electron chi connectivity index (χ0n) is 18.9. The lowest BCUT2D eigenvalue weighted by Crippen LogP contribution is -2.41. The van der Waals surface area contributed by atoms with Crippen molar-refractivity contribution in [3.05, 3.63) is 104 Å². The van der Waals surface area contributed by atoms with E-state index in [4.69, 9.17) is 27.9 Å². The third-order valence-corrected chi connectivity index (χ3v) is 6.54. The molecule has 5 rings (SSSR count). The highest BCUT2D eigenvalue weighted by atomic mass is 35.5. The maximum absolute atomic E-state index is 13.0. The molecule has 11 heteroatoms. The fourth-order valence-electron chi connectivity index (χ4n) is 4.16. The van der Waals surface area contributed by atoms with E-state index in [9.17, 15) is 14.7 Å². The Morgan fingerprint density at radius 3 is 2.53 bits per heavy atom. The number of aliphatic hydroxyl groups excluding tert-OH is 1. The molecule has 1 unspecified atom stereocenters. The summed E-state index contributed by atoms with van der Waals surface area (Å²) in [5.74, 6) is -0.435. The van der Waals surface area contributed by atoms with Crippen LogP contribution in [0.4, 0.5) is 5.69 Å². The van der Waals surface area contributed by atoms with Crippen molar-refractivity contribution < 1.29 is 14.6 Å². The lowest BCUT2D eigenvalue weighted by molar-refractivity contribution is 0.0472. The van der Waals surface area contributed by atoms with Gasteiger partial charge in [0.05, 0.1) is 15.6 Å². The van der Waals surface area contributed by atoms with Gasteiger partial charge in [0.15, 0.2) is 0 Å². The number of fused-ring (bicyclic) bond motifs is 1. The lowest BCUT2D eigenvalue weighted by atomic mass is 9.99. The number of anilines is 1. The Balaban J connectivity index is 1.38. The maximum atomic E-state index is 13.0. The number of hydrogen-bond acceptors (Lipinski definition) is 7. The lowest BCUT2D eigenvalue weighted by Gasteiger charge is -2.34. The van der Waals surface area contributed by atoms with Crippen molar-refractivity contribution in [3.8, 4) is 5.69 Å². The Kier molecular flexibility index (Phi) is 6.77. The average molecular weight is 526 g/mol. The summed E-state index contributed by atoms with van der Waals surface area (Å²) in [5.41, 5.74) is 2.33. The topological polar surface area (TPSA) is 102 Å². The van der Waals surface area contributed by atoms with Gasteiger partial charge in [-0.05, 0) is 64.7 Å². The van der Waals surface area contributed by atoms with Crippen LogP contribution in [-0.2, 0) is 17.8 Å². The Labute approximate surface area is 216 Å². The molecule has 9 nitrogen and oxygen atoms in total. The van der Waals surface area contributed by atoms with Gasteiger partial charge in [-0.3, -0.25) is 0 Å². The van der Waals surface area contributed by atoms with Crippen molar-refractivity contribution in [1.82, 2.24) is 19.8 Å². The highest BCUT2D eigenvalue weighted by Crippen LogP contribution is 2.32. The molecule has 1 aliphatic heterocycles. The molecular weight excluding hydrogens is 505 g/mol. The number of aryl methyl sites for hydroxylation is 1. The van der Waals surface area contributed by atoms with Crippen molar-refractivity contribution in [1.29, 1.82) is 0 Å². The molecule has 3 aromatic carbocycles. The van der Waals surface area contributed by atoms with Crippen LogP contribution in [0.25, 0.3) is 5.69 Å². The molecule has 0 aliphatic carbocycles. The van der Waals surface area contributed by atoms with Crippen LogP contribution in [0.15, 0.2) is 71.5 Å². The predicted molar refractivity (Wildman–Crippen MR) is 135 cm³/mol. The third kappa shape index (κ3) is 4.60. The number of tetrazole rings is 1.